The van der Waals surface area contributed by atoms with Crippen molar-refractivity contribution in [1.82, 2.24) is 0 Å². The topological polar surface area (TPSA) is 69.4 Å². The smallest absolute Gasteiger partial charge is 0.210 e. The fourth-order valence-electron chi connectivity index (χ4n) is 1.72. The highest BCUT2D eigenvalue weighted by Crippen LogP contribution is 2.14. The molecule has 19 heavy (non-hydrogen) atoms. The molecule has 0 saturated heterocycles. The van der Waals surface area contributed by atoms with Gasteiger partial charge in [-0.2, -0.15) is 0 Å². The second kappa shape index (κ2) is 7.31. The Morgan fingerprint density at radius 1 is 1.42 bits per heavy atom. The van der Waals surface area contributed by atoms with Crippen LogP contribution in [0.1, 0.15) is 18.9 Å². The van der Waals surface area contributed by atoms with Crippen molar-refractivity contribution in [3.63, 3.8) is 0 Å². The van der Waals surface area contributed by atoms with E-state index in [2.05, 4.69) is 0 Å². The number of carbonyl (C=O) groups excluding carboxylic acids is 1. The molecule has 0 saturated carbocycles. The van der Waals surface area contributed by atoms with Crippen LogP contribution in [0.5, 0.6) is 5.75 Å². The number of hydrogen-bond acceptors (Lipinski definition) is 4. The summed E-state index contributed by atoms with van der Waals surface area (Å²) < 4.78 is 5.04. The van der Waals surface area contributed by atoms with E-state index in [1.54, 1.807) is 19.3 Å². The van der Waals surface area contributed by atoms with Crippen LogP contribution < -0.4 is 4.74 Å². The standard InChI is InChI=1S/C14H17NO4/c1-11(16)9-13(10-15(17)18)4-3-12-5-7-14(19-2)8-6-12/h3-8,13H,9-10H2,1-2H3/b4-3+/t13-/m1/s1. The van der Waals surface area contributed by atoms with Crippen LogP contribution in [0.3, 0.4) is 0 Å². The number of ether oxygens (including phenoxy) is 1. The molecule has 5 nitrogen and oxygen atoms in total. The van der Waals surface area contributed by atoms with Crippen molar-refractivity contribution in [3.8, 4) is 5.75 Å². The Labute approximate surface area is 112 Å². The number of rotatable bonds is 7. The predicted octanol–water partition coefficient (Wildman–Crippen LogP) is 2.58. The Bertz CT molecular complexity index is 449. The lowest BCUT2D eigenvalue weighted by Crippen LogP contribution is -2.14. The first kappa shape index (κ1) is 14.9. The van der Waals surface area contributed by atoms with Gasteiger partial charge >= 0.3 is 0 Å². The average molecular weight is 263 g/mol. The minimum atomic E-state index is -0.397. The normalized spacial score (nSPS) is 12.3. The second-order valence-electron chi connectivity index (χ2n) is 4.31. The molecule has 0 bridgehead atoms. The van der Waals surface area contributed by atoms with Crippen molar-refractivity contribution < 1.29 is 14.5 Å². The van der Waals surface area contributed by atoms with Gasteiger partial charge in [0.1, 0.15) is 11.5 Å². The van der Waals surface area contributed by atoms with Crippen molar-refractivity contribution in [3.05, 3.63) is 46.0 Å². The zero-order chi connectivity index (χ0) is 14.3. The van der Waals surface area contributed by atoms with Gasteiger partial charge in [0.25, 0.3) is 0 Å². The minimum absolute atomic E-state index is 0.0498. The number of nitro groups is 1. The van der Waals surface area contributed by atoms with Crippen molar-refractivity contribution >= 4 is 11.9 Å². The number of methoxy groups -OCH3 is 1. The Kier molecular flexibility index (Phi) is 5.73. The van der Waals surface area contributed by atoms with Crippen LogP contribution in [0.25, 0.3) is 6.08 Å². The number of carbonyl (C=O) groups is 1. The molecular weight excluding hydrogens is 246 g/mol. The van der Waals surface area contributed by atoms with E-state index in [0.717, 1.165) is 11.3 Å². The van der Waals surface area contributed by atoms with Crippen molar-refractivity contribution in [2.24, 2.45) is 5.92 Å². The maximum Gasteiger partial charge on any atom is 0.210 e. The first-order valence-corrected chi connectivity index (χ1v) is 5.94. The summed E-state index contributed by atoms with van der Waals surface area (Å²) in [6.45, 7) is 1.21. The van der Waals surface area contributed by atoms with Gasteiger partial charge in [-0.25, -0.2) is 0 Å². The Balaban J connectivity index is 2.72. The molecule has 0 spiro atoms. The van der Waals surface area contributed by atoms with Gasteiger partial charge in [0.2, 0.25) is 6.54 Å². The fraction of sp³-hybridized carbons (Fsp3) is 0.357. The third-order valence-corrected chi connectivity index (χ3v) is 2.61. The molecule has 0 aromatic heterocycles. The summed E-state index contributed by atoms with van der Waals surface area (Å²) in [5.41, 5.74) is 0.915. The molecule has 1 rings (SSSR count). The van der Waals surface area contributed by atoms with Gasteiger partial charge < -0.3 is 9.53 Å². The van der Waals surface area contributed by atoms with E-state index in [0.29, 0.717) is 0 Å². The molecule has 5 heteroatoms. The van der Waals surface area contributed by atoms with Gasteiger partial charge in [0, 0.05) is 17.3 Å². The fourth-order valence-corrected chi connectivity index (χ4v) is 1.72. The molecule has 0 heterocycles. The molecule has 0 fully saturated rings. The number of nitrogens with zero attached hydrogens (tertiary/aromatic N) is 1. The average Bonchev–Trinajstić information content (AvgIpc) is 2.35. The number of benzene rings is 1. The third-order valence-electron chi connectivity index (χ3n) is 2.61. The van der Waals surface area contributed by atoms with Crippen LogP contribution in [-0.4, -0.2) is 24.4 Å². The van der Waals surface area contributed by atoms with Gasteiger partial charge in [-0.05, 0) is 24.6 Å². The van der Waals surface area contributed by atoms with Crippen molar-refractivity contribution in [1.29, 1.82) is 0 Å². The third kappa shape index (κ3) is 5.81. The van der Waals surface area contributed by atoms with Crippen LogP contribution in [0.4, 0.5) is 0 Å². The van der Waals surface area contributed by atoms with Crippen LogP contribution >= 0.6 is 0 Å². The van der Waals surface area contributed by atoms with E-state index < -0.39 is 4.92 Å². The molecule has 0 aliphatic carbocycles. The molecule has 0 unspecified atom stereocenters. The highest BCUT2D eigenvalue weighted by atomic mass is 16.6. The van der Waals surface area contributed by atoms with E-state index in [1.165, 1.54) is 6.92 Å². The Morgan fingerprint density at radius 3 is 2.53 bits per heavy atom. The first-order chi connectivity index (χ1) is 9.01. The maximum absolute atomic E-state index is 11.1. The number of hydrogen-bond donors (Lipinski definition) is 0. The van der Waals surface area contributed by atoms with Crippen molar-refractivity contribution in [2.45, 2.75) is 13.3 Å². The van der Waals surface area contributed by atoms with E-state index in [1.807, 2.05) is 24.3 Å². The molecular formula is C14H17NO4. The highest BCUT2D eigenvalue weighted by Gasteiger charge is 2.14. The number of Topliss-reactive ketones (excluding diaryl/α,β-unsaturated/α-hetero) is 1. The van der Waals surface area contributed by atoms with Crippen LogP contribution in [0.2, 0.25) is 0 Å². The first-order valence-electron chi connectivity index (χ1n) is 5.94. The summed E-state index contributed by atoms with van der Waals surface area (Å²) in [6.07, 6.45) is 3.69. The molecule has 0 N–H and O–H groups in total. The SMILES string of the molecule is COc1ccc(/C=C/[C@H](CC(C)=O)C[N+](=O)[O-])cc1. The van der Waals surface area contributed by atoms with Gasteiger partial charge in [0.05, 0.1) is 7.11 Å². The van der Waals surface area contributed by atoms with E-state index in [4.69, 9.17) is 4.74 Å². The van der Waals surface area contributed by atoms with Gasteiger partial charge in [-0.1, -0.05) is 24.3 Å². The summed E-state index contributed by atoms with van der Waals surface area (Å²) in [6, 6.07) is 7.33. The molecule has 1 aromatic rings. The molecule has 0 amide bonds. The minimum Gasteiger partial charge on any atom is -0.497 e. The molecule has 0 aliphatic heterocycles. The van der Waals surface area contributed by atoms with E-state index in [-0.39, 0.29) is 24.7 Å². The monoisotopic (exact) mass is 263 g/mol. The summed E-state index contributed by atoms with van der Waals surface area (Å²) in [5.74, 6) is 0.337. The van der Waals surface area contributed by atoms with E-state index in [9.17, 15) is 14.9 Å². The summed E-state index contributed by atoms with van der Waals surface area (Å²) in [5, 5.41) is 10.5. The Morgan fingerprint density at radius 2 is 2.05 bits per heavy atom. The molecule has 0 aliphatic rings. The number of ketones is 1. The summed E-state index contributed by atoms with van der Waals surface area (Å²) in [7, 11) is 1.59. The maximum atomic E-state index is 11.1. The zero-order valence-electron chi connectivity index (χ0n) is 11.0. The molecule has 0 radical (unpaired) electrons. The van der Waals surface area contributed by atoms with Crippen LogP contribution in [-0.2, 0) is 4.79 Å². The summed E-state index contributed by atoms with van der Waals surface area (Å²) >= 11 is 0. The van der Waals surface area contributed by atoms with Gasteiger partial charge in [0.15, 0.2) is 0 Å². The lowest BCUT2D eigenvalue weighted by atomic mass is 10.0. The van der Waals surface area contributed by atoms with Crippen LogP contribution in [0.15, 0.2) is 30.3 Å². The molecule has 102 valence electrons. The molecule has 1 aromatic carbocycles. The zero-order valence-corrected chi connectivity index (χ0v) is 11.0. The van der Waals surface area contributed by atoms with E-state index >= 15 is 0 Å². The van der Waals surface area contributed by atoms with Crippen molar-refractivity contribution in [2.75, 3.05) is 13.7 Å². The second-order valence-corrected chi connectivity index (χ2v) is 4.31. The predicted molar refractivity (Wildman–Crippen MR) is 72.7 cm³/mol. The van der Waals surface area contributed by atoms with Crippen LogP contribution in [0, 0.1) is 16.0 Å². The lowest BCUT2D eigenvalue weighted by molar-refractivity contribution is -0.485. The largest absolute Gasteiger partial charge is 0.497 e. The lowest BCUT2D eigenvalue weighted by Gasteiger charge is -2.05. The quantitative estimate of drug-likeness (QED) is 0.560. The summed E-state index contributed by atoms with van der Waals surface area (Å²) in [4.78, 5) is 21.2. The van der Waals surface area contributed by atoms with Gasteiger partial charge in [-0.15, -0.1) is 0 Å². The Hall–Kier alpha value is -2.17. The van der Waals surface area contributed by atoms with Gasteiger partial charge in [-0.3, -0.25) is 10.1 Å². The molecule has 1 atom stereocenters. The highest BCUT2D eigenvalue weighted by molar-refractivity contribution is 5.76.